The molecule has 0 radical (unpaired) electrons. The minimum Gasteiger partial charge on any atom is -0.279 e. The monoisotopic (exact) mass is 313 g/mol. The first-order chi connectivity index (χ1) is 10.6. The topological polar surface area (TPSA) is 54.5 Å². The lowest BCUT2D eigenvalue weighted by molar-refractivity contribution is -0.115. The Balaban J connectivity index is 1.95. The van der Waals surface area contributed by atoms with Crippen molar-refractivity contribution >= 4 is 28.7 Å². The molecule has 1 aliphatic rings. The lowest BCUT2D eigenvalue weighted by Crippen LogP contribution is -2.44. The molecule has 2 aromatic rings. The van der Waals surface area contributed by atoms with Crippen LogP contribution in [0.3, 0.4) is 0 Å². The third kappa shape index (κ3) is 2.42. The van der Waals surface area contributed by atoms with E-state index < -0.39 is 23.1 Å². The van der Waals surface area contributed by atoms with Crippen LogP contribution in [-0.4, -0.2) is 28.0 Å². The summed E-state index contributed by atoms with van der Waals surface area (Å²) < 4.78 is 0. The second-order valence-corrected chi connectivity index (χ2v) is 5.41. The maximum absolute atomic E-state index is 12.4. The normalized spacial score (nSPS) is 14.9. The highest BCUT2D eigenvalue weighted by molar-refractivity contribution is 6.65. The van der Waals surface area contributed by atoms with E-state index in [1.165, 1.54) is 0 Å². The summed E-state index contributed by atoms with van der Waals surface area (Å²) in [5.41, 5.74) is 1.45. The van der Waals surface area contributed by atoms with Crippen LogP contribution in [0.5, 0.6) is 0 Å². The fraction of sp³-hybridized carbons (Fsp3) is 0.118. The number of halogens is 1. The van der Waals surface area contributed by atoms with Gasteiger partial charge in [0, 0.05) is 6.42 Å². The number of amides is 2. The number of nitrogens with zero attached hydrogens (tertiary/aromatic N) is 1. The smallest absolute Gasteiger partial charge is 0.262 e. The molecule has 2 amide bonds. The van der Waals surface area contributed by atoms with Crippen molar-refractivity contribution in [3.05, 3.63) is 71.3 Å². The van der Waals surface area contributed by atoms with Gasteiger partial charge < -0.3 is 0 Å². The zero-order valence-corrected chi connectivity index (χ0v) is 12.3. The van der Waals surface area contributed by atoms with Crippen molar-refractivity contribution in [3.8, 4) is 0 Å². The Morgan fingerprint density at radius 2 is 1.41 bits per heavy atom. The third-order valence-corrected chi connectivity index (χ3v) is 3.92. The molecule has 1 atom stereocenters. The van der Waals surface area contributed by atoms with E-state index in [0.717, 1.165) is 10.5 Å². The van der Waals surface area contributed by atoms with Gasteiger partial charge in [-0.25, -0.2) is 0 Å². The predicted octanol–water partition coefficient (Wildman–Crippen LogP) is 2.66. The van der Waals surface area contributed by atoms with Gasteiger partial charge in [-0.1, -0.05) is 42.5 Å². The maximum Gasteiger partial charge on any atom is 0.262 e. The van der Waals surface area contributed by atoms with Gasteiger partial charge in [-0.05, 0) is 29.3 Å². The van der Waals surface area contributed by atoms with E-state index in [9.17, 15) is 14.4 Å². The molecule has 22 heavy (non-hydrogen) atoms. The molecule has 1 unspecified atom stereocenters. The van der Waals surface area contributed by atoms with E-state index in [1.807, 2.05) is 30.3 Å². The average molecular weight is 314 g/mol. The van der Waals surface area contributed by atoms with E-state index in [1.54, 1.807) is 24.3 Å². The van der Waals surface area contributed by atoms with Crippen molar-refractivity contribution < 1.29 is 14.4 Å². The molecule has 0 spiro atoms. The summed E-state index contributed by atoms with van der Waals surface area (Å²) >= 11 is 5.66. The highest BCUT2D eigenvalue weighted by Crippen LogP contribution is 2.26. The van der Waals surface area contributed by atoms with Gasteiger partial charge in [0.25, 0.3) is 11.8 Å². The van der Waals surface area contributed by atoms with E-state index in [0.29, 0.717) is 11.1 Å². The van der Waals surface area contributed by atoms with E-state index in [4.69, 9.17) is 11.6 Å². The quantitative estimate of drug-likeness (QED) is 0.644. The highest BCUT2D eigenvalue weighted by Gasteiger charge is 2.42. The van der Waals surface area contributed by atoms with Crippen LogP contribution in [0.4, 0.5) is 0 Å². The maximum atomic E-state index is 12.4. The Hall–Kier alpha value is -2.46. The highest BCUT2D eigenvalue weighted by atomic mass is 35.5. The van der Waals surface area contributed by atoms with Crippen LogP contribution in [0.2, 0.25) is 0 Å². The number of imide groups is 1. The molecule has 0 aromatic heterocycles. The second-order valence-electron chi connectivity index (χ2n) is 5.04. The predicted molar refractivity (Wildman–Crippen MR) is 81.7 cm³/mol. The molecule has 1 aliphatic heterocycles. The van der Waals surface area contributed by atoms with Crippen LogP contribution < -0.4 is 0 Å². The lowest BCUT2D eigenvalue weighted by atomic mass is 10.1. The Kier molecular flexibility index (Phi) is 3.77. The molecular weight excluding hydrogens is 302 g/mol. The van der Waals surface area contributed by atoms with Gasteiger partial charge in [-0.15, -0.1) is 0 Å². The van der Waals surface area contributed by atoms with Crippen LogP contribution in [0, 0.1) is 0 Å². The molecule has 0 saturated carbocycles. The molecule has 0 fully saturated rings. The van der Waals surface area contributed by atoms with Gasteiger partial charge >= 0.3 is 0 Å². The number of carbonyl (C=O) groups excluding carboxylic acids is 3. The van der Waals surface area contributed by atoms with Crippen molar-refractivity contribution in [1.82, 2.24) is 4.90 Å². The first kappa shape index (κ1) is 14.5. The van der Waals surface area contributed by atoms with Crippen molar-refractivity contribution in [2.24, 2.45) is 0 Å². The SMILES string of the molecule is O=C(Cl)C(Cc1ccccc1)N1C(=O)c2ccccc2C1=O. The molecule has 3 rings (SSSR count). The second kappa shape index (κ2) is 5.73. The zero-order chi connectivity index (χ0) is 15.7. The van der Waals surface area contributed by atoms with Crippen LogP contribution in [0.15, 0.2) is 54.6 Å². The largest absolute Gasteiger partial charge is 0.279 e. The van der Waals surface area contributed by atoms with Gasteiger partial charge in [0.2, 0.25) is 5.24 Å². The average Bonchev–Trinajstić information content (AvgIpc) is 2.78. The Bertz CT molecular complexity index is 723. The summed E-state index contributed by atoms with van der Waals surface area (Å²) in [6, 6.07) is 14.7. The van der Waals surface area contributed by atoms with Gasteiger partial charge in [0.1, 0.15) is 6.04 Å². The Morgan fingerprint density at radius 3 is 1.91 bits per heavy atom. The zero-order valence-electron chi connectivity index (χ0n) is 11.5. The van der Waals surface area contributed by atoms with Crippen molar-refractivity contribution in [1.29, 1.82) is 0 Å². The molecule has 5 heteroatoms. The molecule has 0 aliphatic carbocycles. The number of benzene rings is 2. The number of rotatable bonds is 4. The van der Waals surface area contributed by atoms with Crippen molar-refractivity contribution in [3.63, 3.8) is 0 Å². The Labute approximate surface area is 132 Å². The summed E-state index contributed by atoms with van der Waals surface area (Å²) in [7, 11) is 0. The number of carbonyl (C=O) groups is 3. The summed E-state index contributed by atoms with van der Waals surface area (Å²) in [4.78, 5) is 37.6. The first-order valence-electron chi connectivity index (χ1n) is 6.80. The van der Waals surface area contributed by atoms with Gasteiger partial charge in [-0.2, -0.15) is 0 Å². The van der Waals surface area contributed by atoms with Crippen LogP contribution in [0.25, 0.3) is 0 Å². The van der Waals surface area contributed by atoms with Crippen LogP contribution >= 0.6 is 11.6 Å². The summed E-state index contributed by atoms with van der Waals surface area (Å²) in [6.07, 6.45) is 0.203. The summed E-state index contributed by atoms with van der Waals surface area (Å²) in [5, 5.41) is -0.724. The first-order valence-corrected chi connectivity index (χ1v) is 7.17. The van der Waals surface area contributed by atoms with Crippen LogP contribution in [0.1, 0.15) is 26.3 Å². The van der Waals surface area contributed by atoms with E-state index in [-0.39, 0.29) is 6.42 Å². The molecule has 110 valence electrons. The molecule has 2 aromatic carbocycles. The van der Waals surface area contributed by atoms with Crippen molar-refractivity contribution in [2.75, 3.05) is 0 Å². The molecular formula is C17H12ClNO3. The van der Waals surface area contributed by atoms with E-state index >= 15 is 0 Å². The third-order valence-electron chi connectivity index (χ3n) is 3.67. The molecule has 4 nitrogen and oxygen atoms in total. The minimum atomic E-state index is -1.00. The minimum absolute atomic E-state index is 0.203. The molecule has 1 heterocycles. The number of hydrogen-bond acceptors (Lipinski definition) is 3. The Morgan fingerprint density at radius 1 is 0.909 bits per heavy atom. The summed E-state index contributed by atoms with van der Waals surface area (Å²) in [6.45, 7) is 0. The van der Waals surface area contributed by atoms with Crippen molar-refractivity contribution in [2.45, 2.75) is 12.5 Å². The van der Waals surface area contributed by atoms with Gasteiger partial charge in [0.05, 0.1) is 11.1 Å². The molecule has 0 N–H and O–H groups in total. The lowest BCUT2D eigenvalue weighted by Gasteiger charge is -2.23. The number of hydrogen-bond donors (Lipinski definition) is 0. The van der Waals surface area contributed by atoms with Gasteiger partial charge in [0.15, 0.2) is 0 Å². The standard InChI is InChI=1S/C17H12ClNO3/c18-15(20)14(10-11-6-2-1-3-7-11)19-16(21)12-8-4-5-9-13(12)17(19)22/h1-9,14H,10H2. The fourth-order valence-electron chi connectivity index (χ4n) is 2.60. The summed E-state index contributed by atoms with van der Waals surface area (Å²) in [5.74, 6) is -0.953. The number of fused-ring (bicyclic) bond motifs is 1. The van der Waals surface area contributed by atoms with Gasteiger partial charge in [-0.3, -0.25) is 19.3 Å². The van der Waals surface area contributed by atoms with E-state index in [2.05, 4.69) is 0 Å². The van der Waals surface area contributed by atoms with Crippen LogP contribution in [-0.2, 0) is 11.2 Å². The molecule has 0 saturated heterocycles. The fourth-order valence-corrected chi connectivity index (χ4v) is 2.78. The molecule has 0 bridgehead atoms.